The molecule has 1 aliphatic heterocycles. The molecule has 0 aromatic carbocycles. The maximum atomic E-state index is 4.92. The lowest BCUT2D eigenvalue weighted by molar-refractivity contribution is 0.225. The number of likely N-dealkylation sites (tertiary alicyclic amines) is 1. The van der Waals surface area contributed by atoms with Gasteiger partial charge in [-0.3, -0.25) is 4.68 Å². The molecule has 6 nitrogen and oxygen atoms in total. The Balaban J connectivity index is 1.92. The molecule has 0 bridgehead atoms. The fraction of sp³-hybridized carbons (Fsp3) is 0.632. The normalized spacial score (nSPS) is 18.7. The van der Waals surface area contributed by atoms with E-state index in [1.807, 2.05) is 49.3 Å². The fourth-order valence-corrected chi connectivity index (χ4v) is 3.56. The Morgan fingerprint density at radius 3 is 2.60 bits per heavy atom. The van der Waals surface area contributed by atoms with Crippen LogP contribution in [0.2, 0.25) is 0 Å². The highest BCUT2D eigenvalue weighted by Gasteiger charge is 2.30. The van der Waals surface area contributed by atoms with E-state index in [0.717, 1.165) is 48.8 Å². The second-order valence-corrected chi connectivity index (χ2v) is 8.55. The lowest BCUT2D eigenvalue weighted by Gasteiger charge is -2.26. The average Bonchev–Trinajstić information content (AvgIpc) is 3.14. The molecule has 1 aliphatic rings. The minimum atomic E-state index is 0.321. The van der Waals surface area contributed by atoms with Gasteiger partial charge in [0.1, 0.15) is 0 Å². The Kier molecular flexibility index (Phi) is 4.82. The number of anilines is 1. The predicted molar refractivity (Wildman–Crippen MR) is 102 cm³/mol. The molecule has 25 heavy (non-hydrogen) atoms. The zero-order chi connectivity index (χ0) is 18.2. The summed E-state index contributed by atoms with van der Waals surface area (Å²) in [4.78, 5) is 14.0. The molecule has 1 saturated heterocycles. The number of aryl methyl sites for hydroxylation is 1. The molecule has 3 heterocycles. The van der Waals surface area contributed by atoms with Crippen molar-refractivity contribution in [2.24, 2.45) is 12.5 Å². The molecule has 0 aliphatic carbocycles. The highest BCUT2D eigenvalue weighted by molar-refractivity contribution is 5.65. The Bertz CT molecular complexity index is 728. The predicted octanol–water partition coefficient (Wildman–Crippen LogP) is 2.78. The first-order valence-electron chi connectivity index (χ1n) is 8.98. The third-order valence-electron chi connectivity index (χ3n) is 4.58. The molecule has 0 unspecified atom stereocenters. The van der Waals surface area contributed by atoms with Crippen LogP contribution in [0.3, 0.4) is 0 Å². The molecule has 1 atom stereocenters. The van der Waals surface area contributed by atoms with Crippen molar-refractivity contribution in [2.45, 2.75) is 33.1 Å². The lowest BCUT2D eigenvalue weighted by Crippen LogP contribution is -2.30. The number of hydrogen-bond donors (Lipinski definition) is 0. The summed E-state index contributed by atoms with van der Waals surface area (Å²) < 4.78 is 1.83. The summed E-state index contributed by atoms with van der Waals surface area (Å²) >= 11 is 0. The van der Waals surface area contributed by atoms with E-state index in [0.29, 0.717) is 11.3 Å². The van der Waals surface area contributed by atoms with Crippen molar-refractivity contribution < 1.29 is 0 Å². The molecule has 6 heteroatoms. The topological polar surface area (TPSA) is 50.1 Å². The molecule has 0 spiro atoms. The first kappa shape index (κ1) is 17.9. The summed E-state index contributed by atoms with van der Waals surface area (Å²) in [6, 6.07) is 0. The van der Waals surface area contributed by atoms with Crippen LogP contribution in [0.5, 0.6) is 0 Å². The van der Waals surface area contributed by atoms with Gasteiger partial charge in [0.25, 0.3) is 0 Å². The fourth-order valence-electron chi connectivity index (χ4n) is 3.56. The second-order valence-electron chi connectivity index (χ2n) is 8.55. The van der Waals surface area contributed by atoms with Gasteiger partial charge in [0.2, 0.25) is 5.95 Å². The van der Waals surface area contributed by atoms with Crippen LogP contribution in [-0.4, -0.2) is 58.4 Å². The largest absolute Gasteiger partial charge is 0.347 e. The summed E-state index contributed by atoms with van der Waals surface area (Å²) in [5, 5.41) is 4.32. The Morgan fingerprint density at radius 2 is 2.00 bits per heavy atom. The number of aromatic nitrogens is 4. The maximum absolute atomic E-state index is 4.92. The Hall–Kier alpha value is -1.95. The highest BCUT2D eigenvalue weighted by Crippen LogP contribution is 2.34. The van der Waals surface area contributed by atoms with E-state index in [1.165, 1.54) is 0 Å². The van der Waals surface area contributed by atoms with Crippen LogP contribution < -0.4 is 4.90 Å². The van der Waals surface area contributed by atoms with Gasteiger partial charge in [-0.1, -0.05) is 20.8 Å². The van der Waals surface area contributed by atoms with Gasteiger partial charge in [-0.25, -0.2) is 9.97 Å². The third-order valence-corrected chi connectivity index (χ3v) is 4.58. The van der Waals surface area contributed by atoms with Crippen LogP contribution in [0.25, 0.3) is 11.1 Å². The zero-order valence-corrected chi connectivity index (χ0v) is 16.3. The first-order chi connectivity index (χ1) is 11.7. The van der Waals surface area contributed by atoms with Crippen LogP contribution in [0.1, 0.15) is 38.8 Å². The molecular formula is C19H30N6. The summed E-state index contributed by atoms with van der Waals surface area (Å²) in [5.41, 5.74) is 3.68. The highest BCUT2D eigenvalue weighted by atomic mass is 15.2. The van der Waals surface area contributed by atoms with Crippen molar-refractivity contribution >= 4 is 5.95 Å². The van der Waals surface area contributed by atoms with E-state index >= 15 is 0 Å². The number of hydrogen-bond acceptors (Lipinski definition) is 5. The van der Waals surface area contributed by atoms with Crippen molar-refractivity contribution in [3.8, 4) is 11.1 Å². The second kappa shape index (κ2) is 6.75. The van der Waals surface area contributed by atoms with Crippen LogP contribution in [0, 0.1) is 5.41 Å². The molecule has 1 fully saturated rings. The van der Waals surface area contributed by atoms with Crippen molar-refractivity contribution in [3.05, 3.63) is 24.3 Å². The van der Waals surface area contributed by atoms with E-state index in [2.05, 4.69) is 35.8 Å². The monoisotopic (exact) mass is 342 g/mol. The summed E-state index contributed by atoms with van der Waals surface area (Å²) in [6.45, 7) is 10.2. The number of nitrogens with zero attached hydrogens (tertiary/aromatic N) is 6. The quantitative estimate of drug-likeness (QED) is 0.855. The van der Waals surface area contributed by atoms with Gasteiger partial charge in [-0.15, -0.1) is 0 Å². The van der Waals surface area contributed by atoms with Crippen molar-refractivity contribution in [1.29, 1.82) is 0 Å². The minimum Gasteiger partial charge on any atom is -0.347 e. The maximum Gasteiger partial charge on any atom is 0.225 e. The molecular weight excluding hydrogens is 312 g/mol. The van der Waals surface area contributed by atoms with Gasteiger partial charge < -0.3 is 9.80 Å². The van der Waals surface area contributed by atoms with Crippen LogP contribution >= 0.6 is 0 Å². The molecule has 0 saturated carbocycles. The van der Waals surface area contributed by atoms with E-state index in [9.17, 15) is 0 Å². The molecule has 0 radical (unpaired) electrons. The van der Waals surface area contributed by atoms with Gasteiger partial charge in [0.05, 0.1) is 11.9 Å². The third kappa shape index (κ3) is 4.18. The van der Waals surface area contributed by atoms with Crippen molar-refractivity contribution in [3.63, 3.8) is 0 Å². The van der Waals surface area contributed by atoms with Gasteiger partial charge >= 0.3 is 0 Å². The van der Waals surface area contributed by atoms with E-state index in [4.69, 9.17) is 4.98 Å². The zero-order valence-electron chi connectivity index (χ0n) is 16.3. The van der Waals surface area contributed by atoms with Crippen molar-refractivity contribution in [1.82, 2.24) is 24.6 Å². The lowest BCUT2D eigenvalue weighted by atomic mass is 9.95. The smallest absolute Gasteiger partial charge is 0.225 e. The Morgan fingerprint density at radius 1 is 1.24 bits per heavy atom. The van der Waals surface area contributed by atoms with Crippen molar-refractivity contribution in [2.75, 3.05) is 38.6 Å². The van der Waals surface area contributed by atoms with E-state index < -0.39 is 0 Å². The summed E-state index contributed by atoms with van der Waals surface area (Å²) in [5.74, 6) is 1.22. The minimum absolute atomic E-state index is 0.321. The molecule has 136 valence electrons. The van der Waals surface area contributed by atoms with Crippen LogP contribution in [0.4, 0.5) is 5.95 Å². The first-order valence-corrected chi connectivity index (χ1v) is 8.98. The summed E-state index contributed by atoms with van der Waals surface area (Å²) in [7, 11) is 5.92. The van der Waals surface area contributed by atoms with E-state index in [-0.39, 0.29) is 0 Å². The van der Waals surface area contributed by atoms with Crippen LogP contribution in [0.15, 0.2) is 18.6 Å². The molecule has 0 amide bonds. The Labute approximate surface area is 150 Å². The molecule has 2 aromatic heterocycles. The molecule has 2 aromatic rings. The van der Waals surface area contributed by atoms with Gasteiger partial charge in [-0.2, -0.15) is 5.10 Å². The SMILES string of the molecule is CN(C)c1ncc(-c2cnn(C)c2)c([C@@H]2CCN(CC(C)(C)C)C2)n1. The molecule has 3 rings (SSSR count). The standard InChI is InChI=1S/C19H30N6/c1-19(2,3)13-25-8-7-14(12-25)17-16(15-9-21-24(6)11-15)10-20-18(22-17)23(4)5/h9-11,14H,7-8,12-13H2,1-6H3/t14-/m1/s1. The number of rotatable bonds is 4. The van der Waals surface area contributed by atoms with Crippen LogP contribution in [-0.2, 0) is 7.05 Å². The molecule has 0 N–H and O–H groups in total. The van der Waals surface area contributed by atoms with E-state index in [1.54, 1.807) is 0 Å². The van der Waals surface area contributed by atoms with Gasteiger partial charge in [0.15, 0.2) is 0 Å². The summed E-state index contributed by atoms with van der Waals surface area (Å²) in [6.07, 6.45) is 7.05. The van der Waals surface area contributed by atoms with Gasteiger partial charge in [0, 0.05) is 63.7 Å². The average molecular weight is 342 g/mol. The van der Waals surface area contributed by atoms with Gasteiger partial charge in [-0.05, 0) is 18.4 Å².